The van der Waals surface area contributed by atoms with Crippen molar-refractivity contribution in [1.82, 2.24) is 4.90 Å². The molecule has 0 saturated carbocycles. The Kier molecular flexibility index (Phi) is 4.59. The molecule has 2 rings (SSSR count). The van der Waals surface area contributed by atoms with Crippen LogP contribution >= 0.6 is 27.7 Å². The van der Waals surface area contributed by atoms with Gasteiger partial charge >= 0.3 is 12.0 Å². The standard InChI is InChI=1S/C13H15BrN2O3S/c1-7-9(14)4-3-5-10(7)15-13(19)16-8(2)20-6-11(16)12(17)18/h3-5,8,11H,6H2,1-2H3,(H,15,19)(H,17,18). The van der Waals surface area contributed by atoms with E-state index in [1.165, 1.54) is 16.7 Å². The molecule has 5 nitrogen and oxygen atoms in total. The summed E-state index contributed by atoms with van der Waals surface area (Å²) >= 11 is 4.87. The lowest BCUT2D eigenvalue weighted by atomic mass is 10.2. The maximum Gasteiger partial charge on any atom is 0.327 e. The van der Waals surface area contributed by atoms with Crippen LogP contribution in [-0.2, 0) is 4.79 Å². The molecule has 7 heteroatoms. The van der Waals surface area contributed by atoms with Gasteiger partial charge in [-0.2, -0.15) is 0 Å². The fraction of sp³-hybridized carbons (Fsp3) is 0.385. The molecule has 2 unspecified atom stereocenters. The minimum atomic E-state index is -0.969. The van der Waals surface area contributed by atoms with E-state index in [4.69, 9.17) is 0 Å². The lowest BCUT2D eigenvalue weighted by molar-refractivity contribution is -0.141. The third-order valence-electron chi connectivity index (χ3n) is 3.25. The summed E-state index contributed by atoms with van der Waals surface area (Å²) in [4.78, 5) is 24.9. The number of benzene rings is 1. The minimum Gasteiger partial charge on any atom is -0.480 e. The summed E-state index contributed by atoms with van der Waals surface area (Å²) in [6, 6.07) is 4.35. The molecular formula is C13H15BrN2O3S. The highest BCUT2D eigenvalue weighted by Gasteiger charge is 2.39. The van der Waals surface area contributed by atoms with Crippen molar-refractivity contribution >= 4 is 45.4 Å². The molecular weight excluding hydrogens is 344 g/mol. The van der Waals surface area contributed by atoms with Gasteiger partial charge in [0, 0.05) is 15.9 Å². The van der Waals surface area contributed by atoms with Gasteiger partial charge in [-0.15, -0.1) is 11.8 Å². The van der Waals surface area contributed by atoms with Crippen molar-refractivity contribution in [1.29, 1.82) is 0 Å². The molecule has 2 atom stereocenters. The van der Waals surface area contributed by atoms with E-state index in [2.05, 4.69) is 21.2 Å². The molecule has 1 fully saturated rings. The van der Waals surface area contributed by atoms with Crippen LogP contribution in [-0.4, -0.2) is 39.2 Å². The van der Waals surface area contributed by atoms with Crippen molar-refractivity contribution in [3.05, 3.63) is 28.2 Å². The third-order valence-corrected chi connectivity index (χ3v) is 5.33. The molecule has 0 spiro atoms. The van der Waals surface area contributed by atoms with Crippen molar-refractivity contribution in [3.8, 4) is 0 Å². The number of urea groups is 1. The summed E-state index contributed by atoms with van der Waals surface area (Å²) in [5, 5.41) is 11.8. The molecule has 1 saturated heterocycles. The number of anilines is 1. The Hall–Kier alpha value is -1.21. The first-order valence-corrected chi connectivity index (χ1v) is 7.95. The number of rotatable bonds is 2. The number of carboxylic acids is 1. The molecule has 0 radical (unpaired) electrons. The first-order chi connectivity index (χ1) is 9.41. The number of hydrogen-bond donors (Lipinski definition) is 2. The van der Waals surface area contributed by atoms with Gasteiger partial charge in [0.05, 0.1) is 5.37 Å². The molecule has 1 heterocycles. The molecule has 0 aliphatic carbocycles. The zero-order chi connectivity index (χ0) is 14.9. The summed E-state index contributed by atoms with van der Waals surface area (Å²) in [5.41, 5.74) is 1.59. The summed E-state index contributed by atoms with van der Waals surface area (Å²) in [5.74, 6) is -0.551. The largest absolute Gasteiger partial charge is 0.480 e. The van der Waals surface area contributed by atoms with E-state index in [1.807, 2.05) is 26.0 Å². The van der Waals surface area contributed by atoms with Gasteiger partial charge in [-0.1, -0.05) is 22.0 Å². The second-order valence-corrected chi connectivity index (χ2v) is 6.74. The van der Waals surface area contributed by atoms with Gasteiger partial charge in [-0.25, -0.2) is 9.59 Å². The minimum absolute atomic E-state index is 0.149. The Bertz CT molecular complexity index is 552. The van der Waals surface area contributed by atoms with Crippen LogP contribution in [0.2, 0.25) is 0 Å². The van der Waals surface area contributed by atoms with Crippen LogP contribution in [0.4, 0.5) is 10.5 Å². The monoisotopic (exact) mass is 358 g/mol. The van der Waals surface area contributed by atoms with E-state index in [0.29, 0.717) is 11.4 Å². The SMILES string of the molecule is Cc1c(Br)cccc1NC(=O)N1C(C)SCC1C(=O)O. The Morgan fingerprint density at radius 3 is 2.85 bits per heavy atom. The maximum absolute atomic E-state index is 12.3. The van der Waals surface area contributed by atoms with Gasteiger partial charge in [0.2, 0.25) is 0 Å². The van der Waals surface area contributed by atoms with E-state index < -0.39 is 12.0 Å². The van der Waals surface area contributed by atoms with E-state index in [9.17, 15) is 14.7 Å². The van der Waals surface area contributed by atoms with E-state index in [0.717, 1.165) is 10.0 Å². The normalized spacial score (nSPS) is 21.9. The summed E-state index contributed by atoms with van der Waals surface area (Å²) in [6.07, 6.45) is 0. The fourth-order valence-corrected chi connectivity index (χ4v) is 3.60. The van der Waals surface area contributed by atoms with Crippen LogP contribution in [0.1, 0.15) is 12.5 Å². The van der Waals surface area contributed by atoms with Crippen LogP contribution in [0.5, 0.6) is 0 Å². The van der Waals surface area contributed by atoms with Crippen molar-refractivity contribution in [3.63, 3.8) is 0 Å². The van der Waals surface area contributed by atoms with Gasteiger partial charge in [0.15, 0.2) is 0 Å². The Morgan fingerprint density at radius 1 is 1.50 bits per heavy atom. The fourth-order valence-electron chi connectivity index (χ4n) is 2.06. The predicted molar refractivity (Wildman–Crippen MR) is 83.1 cm³/mol. The molecule has 2 N–H and O–H groups in total. The number of nitrogens with one attached hydrogen (secondary N) is 1. The van der Waals surface area contributed by atoms with Gasteiger partial charge in [-0.3, -0.25) is 4.90 Å². The number of carboxylic acid groups (broad SMARTS) is 1. The lowest BCUT2D eigenvalue weighted by Gasteiger charge is -2.25. The van der Waals surface area contributed by atoms with Crippen molar-refractivity contribution in [2.24, 2.45) is 0 Å². The molecule has 2 amide bonds. The van der Waals surface area contributed by atoms with E-state index in [-0.39, 0.29) is 11.4 Å². The lowest BCUT2D eigenvalue weighted by Crippen LogP contribution is -2.46. The highest BCUT2D eigenvalue weighted by molar-refractivity contribution is 9.10. The first kappa shape index (κ1) is 15.2. The summed E-state index contributed by atoms with van der Waals surface area (Å²) < 4.78 is 0.897. The molecule has 0 aromatic heterocycles. The number of halogens is 1. The third kappa shape index (κ3) is 2.93. The zero-order valence-electron chi connectivity index (χ0n) is 11.1. The zero-order valence-corrected chi connectivity index (χ0v) is 13.5. The van der Waals surface area contributed by atoms with Gasteiger partial charge in [0.1, 0.15) is 6.04 Å². The van der Waals surface area contributed by atoms with Gasteiger partial charge < -0.3 is 10.4 Å². The molecule has 1 aromatic rings. The highest BCUT2D eigenvalue weighted by atomic mass is 79.9. The van der Waals surface area contributed by atoms with Crippen LogP contribution in [0.15, 0.2) is 22.7 Å². The van der Waals surface area contributed by atoms with Gasteiger partial charge in [-0.05, 0) is 31.5 Å². The molecule has 1 aromatic carbocycles. The summed E-state index contributed by atoms with van der Waals surface area (Å²) in [7, 11) is 0. The van der Waals surface area contributed by atoms with Crippen LogP contribution in [0, 0.1) is 6.92 Å². The first-order valence-electron chi connectivity index (χ1n) is 6.10. The smallest absolute Gasteiger partial charge is 0.327 e. The Morgan fingerprint density at radius 2 is 2.20 bits per heavy atom. The maximum atomic E-state index is 12.3. The number of carbonyl (C=O) groups excluding carboxylic acids is 1. The Labute approximate surface area is 129 Å². The number of carbonyl (C=O) groups is 2. The number of aliphatic carboxylic acids is 1. The average molecular weight is 359 g/mol. The second kappa shape index (κ2) is 6.05. The van der Waals surface area contributed by atoms with Crippen LogP contribution < -0.4 is 5.32 Å². The van der Waals surface area contributed by atoms with Crippen molar-refractivity contribution in [2.45, 2.75) is 25.3 Å². The molecule has 1 aliphatic heterocycles. The van der Waals surface area contributed by atoms with E-state index in [1.54, 1.807) is 6.07 Å². The van der Waals surface area contributed by atoms with Crippen LogP contribution in [0.3, 0.4) is 0 Å². The molecule has 20 heavy (non-hydrogen) atoms. The Balaban J connectivity index is 2.19. The average Bonchev–Trinajstić information content (AvgIpc) is 2.77. The molecule has 0 bridgehead atoms. The number of hydrogen-bond acceptors (Lipinski definition) is 3. The van der Waals surface area contributed by atoms with E-state index >= 15 is 0 Å². The number of thioether (sulfide) groups is 1. The quantitative estimate of drug-likeness (QED) is 0.851. The topological polar surface area (TPSA) is 69.6 Å². The number of amides is 2. The second-order valence-electron chi connectivity index (χ2n) is 4.54. The van der Waals surface area contributed by atoms with Crippen molar-refractivity contribution < 1.29 is 14.7 Å². The predicted octanol–water partition coefficient (Wildman–Crippen LogP) is 3.14. The van der Waals surface area contributed by atoms with Crippen LogP contribution in [0.25, 0.3) is 0 Å². The van der Waals surface area contributed by atoms with Crippen molar-refractivity contribution in [2.75, 3.05) is 11.1 Å². The molecule has 1 aliphatic rings. The highest BCUT2D eigenvalue weighted by Crippen LogP contribution is 2.30. The van der Waals surface area contributed by atoms with Gasteiger partial charge in [0.25, 0.3) is 0 Å². The number of nitrogens with zero attached hydrogens (tertiary/aromatic N) is 1. The summed E-state index contributed by atoms with van der Waals surface area (Å²) in [6.45, 7) is 3.72. The molecule has 108 valence electrons.